The van der Waals surface area contributed by atoms with Crippen molar-refractivity contribution < 1.29 is 14.3 Å². The largest absolute Gasteiger partial charge is 0.458 e. The molecule has 1 unspecified atom stereocenters. The van der Waals surface area contributed by atoms with Crippen molar-refractivity contribution in [2.24, 2.45) is 0 Å². The lowest BCUT2D eigenvalue weighted by Crippen LogP contribution is -2.35. The normalized spacial score (nSPS) is 17.5. The number of urea groups is 1. The van der Waals surface area contributed by atoms with Crippen molar-refractivity contribution in [3.63, 3.8) is 0 Å². The van der Waals surface area contributed by atoms with E-state index >= 15 is 0 Å². The van der Waals surface area contributed by atoms with Crippen molar-refractivity contribution in [1.82, 2.24) is 10.2 Å². The number of nitrogens with zero attached hydrogens (tertiary/aromatic N) is 1. The molecule has 1 rings (SSSR count). The zero-order valence-corrected chi connectivity index (χ0v) is 8.16. The lowest BCUT2D eigenvalue weighted by Gasteiger charge is -2.19. The van der Waals surface area contributed by atoms with E-state index in [0.717, 1.165) is 6.08 Å². The highest BCUT2D eigenvalue weighted by Crippen LogP contribution is 2.01. The number of carbonyl (C=O) groups is 2. The number of hydrogen-bond acceptors (Lipinski definition) is 3. The molecule has 1 saturated heterocycles. The number of carbonyl (C=O) groups excluding carboxylic acids is 2. The number of hydrogen-bond donors (Lipinski definition) is 1. The molecule has 1 atom stereocenters. The van der Waals surface area contributed by atoms with Crippen LogP contribution in [0.2, 0.25) is 0 Å². The topological polar surface area (TPSA) is 58.6 Å². The molecule has 0 aromatic rings. The first-order valence-electron chi connectivity index (χ1n) is 4.49. The van der Waals surface area contributed by atoms with E-state index in [4.69, 9.17) is 4.74 Å². The Labute approximate surface area is 82.7 Å². The van der Waals surface area contributed by atoms with Gasteiger partial charge >= 0.3 is 12.0 Å². The Bertz CT molecular complexity index is 252. The Morgan fingerprint density at radius 3 is 3.07 bits per heavy atom. The number of esters is 1. The van der Waals surface area contributed by atoms with Crippen LogP contribution in [0.5, 0.6) is 0 Å². The molecular formula is C9H14N2O3. The molecule has 0 aromatic heterocycles. The van der Waals surface area contributed by atoms with Crippen LogP contribution in [0.3, 0.4) is 0 Å². The molecule has 5 heteroatoms. The van der Waals surface area contributed by atoms with E-state index in [2.05, 4.69) is 11.9 Å². The molecule has 1 N–H and O–H groups in total. The number of nitrogens with one attached hydrogen (secondary N) is 1. The predicted molar refractivity (Wildman–Crippen MR) is 50.7 cm³/mol. The molecule has 14 heavy (non-hydrogen) atoms. The zero-order chi connectivity index (χ0) is 10.6. The molecule has 1 fully saturated rings. The van der Waals surface area contributed by atoms with Crippen LogP contribution in [-0.2, 0) is 9.53 Å². The fraction of sp³-hybridized carbons (Fsp3) is 0.556. The van der Waals surface area contributed by atoms with Gasteiger partial charge in [-0.25, -0.2) is 9.59 Å². The summed E-state index contributed by atoms with van der Waals surface area (Å²) in [5.41, 5.74) is 0. The molecule has 0 spiro atoms. The van der Waals surface area contributed by atoms with Gasteiger partial charge < -0.3 is 15.0 Å². The Morgan fingerprint density at radius 2 is 2.57 bits per heavy atom. The van der Waals surface area contributed by atoms with E-state index in [1.54, 1.807) is 11.8 Å². The summed E-state index contributed by atoms with van der Waals surface area (Å²) in [7, 11) is 0. The minimum absolute atomic E-state index is 0.105. The van der Waals surface area contributed by atoms with Gasteiger partial charge in [0.1, 0.15) is 6.10 Å². The molecule has 2 amide bonds. The molecule has 5 nitrogen and oxygen atoms in total. The van der Waals surface area contributed by atoms with E-state index in [-0.39, 0.29) is 12.1 Å². The second-order valence-corrected chi connectivity index (χ2v) is 3.13. The second kappa shape index (κ2) is 4.64. The Kier molecular flexibility index (Phi) is 3.50. The van der Waals surface area contributed by atoms with Gasteiger partial charge in [-0.3, -0.25) is 0 Å². The van der Waals surface area contributed by atoms with Gasteiger partial charge in [-0.05, 0) is 6.92 Å². The van der Waals surface area contributed by atoms with E-state index in [1.807, 2.05) is 0 Å². The first-order chi connectivity index (χ1) is 6.63. The van der Waals surface area contributed by atoms with E-state index in [9.17, 15) is 9.59 Å². The van der Waals surface area contributed by atoms with Gasteiger partial charge in [0.2, 0.25) is 0 Å². The van der Waals surface area contributed by atoms with Crippen LogP contribution in [0.1, 0.15) is 6.92 Å². The molecule has 78 valence electrons. The molecule has 0 aromatic carbocycles. The summed E-state index contributed by atoms with van der Waals surface area (Å²) in [4.78, 5) is 23.5. The lowest BCUT2D eigenvalue weighted by molar-refractivity contribution is -0.142. The predicted octanol–water partition coefficient (Wildman–Crippen LogP) is 0.129. The van der Waals surface area contributed by atoms with Gasteiger partial charge in [0.15, 0.2) is 0 Å². The standard InChI is InChI=1S/C9H14N2O3/c1-3-8(12)14-7(2)6-11-5-4-10-9(11)13/h3,7H,1,4-6H2,2H3,(H,10,13). The quantitative estimate of drug-likeness (QED) is 0.516. The van der Waals surface area contributed by atoms with Crippen molar-refractivity contribution in [3.8, 4) is 0 Å². The maximum absolute atomic E-state index is 11.1. The van der Waals surface area contributed by atoms with Gasteiger partial charge in [0.05, 0.1) is 6.54 Å². The SMILES string of the molecule is C=CC(=O)OC(C)CN1CCNC1=O. The van der Waals surface area contributed by atoms with Gasteiger partial charge in [0.25, 0.3) is 0 Å². The average molecular weight is 198 g/mol. The van der Waals surface area contributed by atoms with Crippen molar-refractivity contribution >= 4 is 12.0 Å². The summed E-state index contributed by atoms with van der Waals surface area (Å²) < 4.78 is 4.93. The van der Waals surface area contributed by atoms with Crippen molar-refractivity contribution in [2.45, 2.75) is 13.0 Å². The summed E-state index contributed by atoms with van der Waals surface area (Å²) in [6.45, 7) is 6.77. The van der Waals surface area contributed by atoms with Crippen LogP contribution in [0, 0.1) is 0 Å². The van der Waals surface area contributed by atoms with Crippen LogP contribution in [-0.4, -0.2) is 42.6 Å². The molecule has 1 heterocycles. The summed E-state index contributed by atoms with van der Waals surface area (Å²) in [6, 6.07) is -0.105. The highest BCUT2D eigenvalue weighted by Gasteiger charge is 2.22. The molecule has 1 aliphatic heterocycles. The zero-order valence-electron chi connectivity index (χ0n) is 8.16. The average Bonchev–Trinajstić information content (AvgIpc) is 2.51. The fourth-order valence-electron chi connectivity index (χ4n) is 1.28. The Hall–Kier alpha value is -1.52. The van der Waals surface area contributed by atoms with E-state index in [0.29, 0.717) is 19.6 Å². The smallest absolute Gasteiger partial charge is 0.330 e. The molecule has 0 aliphatic carbocycles. The van der Waals surface area contributed by atoms with Crippen LogP contribution >= 0.6 is 0 Å². The third-order valence-corrected chi connectivity index (χ3v) is 1.91. The third kappa shape index (κ3) is 2.76. The van der Waals surface area contributed by atoms with E-state index in [1.165, 1.54) is 0 Å². The molecule has 0 bridgehead atoms. The maximum atomic E-state index is 11.1. The van der Waals surface area contributed by atoms with Crippen molar-refractivity contribution in [3.05, 3.63) is 12.7 Å². The number of amides is 2. The minimum Gasteiger partial charge on any atom is -0.458 e. The van der Waals surface area contributed by atoms with Crippen molar-refractivity contribution in [2.75, 3.05) is 19.6 Å². The molecule has 0 radical (unpaired) electrons. The Balaban J connectivity index is 2.32. The van der Waals surface area contributed by atoms with Crippen LogP contribution in [0.25, 0.3) is 0 Å². The van der Waals surface area contributed by atoms with Crippen LogP contribution < -0.4 is 5.32 Å². The molecule has 0 saturated carbocycles. The van der Waals surface area contributed by atoms with Crippen molar-refractivity contribution in [1.29, 1.82) is 0 Å². The minimum atomic E-state index is -0.461. The first kappa shape index (κ1) is 10.6. The van der Waals surface area contributed by atoms with Crippen LogP contribution in [0.4, 0.5) is 4.79 Å². The first-order valence-corrected chi connectivity index (χ1v) is 4.49. The highest BCUT2D eigenvalue weighted by molar-refractivity contribution is 5.81. The number of rotatable bonds is 4. The molecule has 1 aliphatic rings. The van der Waals surface area contributed by atoms with Gasteiger partial charge in [-0.15, -0.1) is 0 Å². The summed E-state index contributed by atoms with van der Waals surface area (Å²) in [5.74, 6) is -0.461. The monoisotopic (exact) mass is 198 g/mol. The van der Waals surface area contributed by atoms with Gasteiger partial charge in [0, 0.05) is 19.2 Å². The van der Waals surface area contributed by atoms with Crippen LogP contribution in [0.15, 0.2) is 12.7 Å². The second-order valence-electron chi connectivity index (χ2n) is 3.13. The lowest BCUT2D eigenvalue weighted by atomic mass is 10.3. The Morgan fingerprint density at radius 1 is 1.86 bits per heavy atom. The third-order valence-electron chi connectivity index (χ3n) is 1.91. The van der Waals surface area contributed by atoms with Gasteiger partial charge in [-0.1, -0.05) is 6.58 Å². The summed E-state index contributed by atoms with van der Waals surface area (Å²) >= 11 is 0. The summed E-state index contributed by atoms with van der Waals surface area (Å²) in [6.07, 6.45) is 0.810. The van der Waals surface area contributed by atoms with Gasteiger partial charge in [-0.2, -0.15) is 0 Å². The maximum Gasteiger partial charge on any atom is 0.330 e. The fourth-order valence-corrected chi connectivity index (χ4v) is 1.28. The highest BCUT2D eigenvalue weighted by atomic mass is 16.5. The number of ether oxygens (including phenoxy) is 1. The molecular weight excluding hydrogens is 184 g/mol. The summed E-state index contributed by atoms with van der Waals surface area (Å²) in [5, 5.41) is 2.67. The van der Waals surface area contributed by atoms with E-state index < -0.39 is 5.97 Å².